The van der Waals surface area contributed by atoms with E-state index in [4.69, 9.17) is 5.11 Å². The Morgan fingerprint density at radius 3 is 2.47 bits per heavy atom. The van der Waals surface area contributed by atoms with E-state index < -0.39 is 5.82 Å². The minimum Gasteiger partial charge on any atom is -0.508 e. The van der Waals surface area contributed by atoms with Gasteiger partial charge in [0, 0.05) is 19.2 Å². The molecule has 0 aromatic heterocycles. The molecule has 1 aliphatic rings. The van der Waals surface area contributed by atoms with Crippen molar-refractivity contribution >= 4 is 5.91 Å². The smallest absolute Gasteiger partial charge is 0.256 e. The first-order valence-corrected chi connectivity index (χ1v) is 5.77. The maximum atomic E-state index is 13.5. The first-order valence-electron chi connectivity index (χ1n) is 5.77. The van der Waals surface area contributed by atoms with Gasteiger partial charge in [-0.2, -0.15) is 0 Å². The van der Waals surface area contributed by atoms with Crippen molar-refractivity contribution in [1.82, 2.24) is 4.90 Å². The van der Waals surface area contributed by atoms with Crippen LogP contribution in [0, 0.1) is 17.7 Å². The maximum Gasteiger partial charge on any atom is 0.256 e. The van der Waals surface area contributed by atoms with Crippen LogP contribution >= 0.6 is 0 Å². The molecule has 0 saturated carbocycles. The Balaban J connectivity index is 2.20. The summed E-state index contributed by atoms with van der Waals surface area (Å²) in [4.78, 5) is 13.7. The van der Waals surface area contributed by atoms with Crippen LogP contribution < -0.4 is 0 Å². The van der Waals surface area contributed by atoms with Crippen LogP contribution in [0.5, 0.6) is 5.75 Å². The fraction of sp³-hybridized carbons (Fsp3) is 0.462. The summed E-state index contributed by atoms with van der Waals surface area (Å²) >= 11 is 0. The lowest BCUT2D eigenvalue weighted by Crippen LogP contribution is -2.29. The highest BCUT2D eigenvalue weighted by Crippen LogP contribution is 2.25. The van der Waals surface area contributed by atoms with E-state index in [1.807, 2.05) is 0 Å². The molecule has 1 aromatic rings. The fourth-order valence-corrected chi connectivity index (χ4v) is 2.14. The average molecular weight is 237 g/mol. The summed E-state index contributed by atoms with van der Waals surface area (Å²) < 4.78 is 13.5. The van der Waals surface area contributed by atoms with E-state index in [0.29, 0.717) is 24.9 Å². The molecule has 1 fully saturated rings. The van der Waals surface area contributed by atoms with E-state index in [1.54, 1.807) is 4.90 Å². The van der Waals surface area contributed by atoms with Gasteiger partial charge in [0.25, 0.3) is 5.91 Å². The SMILES string of the molecule is CC1CN(C(=O)c2ccc(O)cc2F)CC1C. The second-order valence-electron chi connectivity index (χ2n) is 4.83. The Kier molecular flexibility index (Phi) is 3.05. The van der Waals surface area contributed by atoms with Crippen LogP contribution in [-0.2, 0) is 0 Å². The Morgan fingerprint density at radius 1 is 1.35 bits per heavy atom. The minimum atomic E-state index is -0.665. The highest BCUT2D eigenvalue weighted by molar-refractivity contribution is 5.94. The molecule has 4 heteroatoms. The summed E-state index contributed by atoms with van der Waals surface area (Å²) in [7, 11) is 0. The summed E-state index contributed by atoms with van der Waals surface area (Å²) in [6.07, 6.45) is 0. The predicted octanol–water partition coefficient (Wildman–Crippen LogP) is 2.26. The van der Waals surface area contributed by atoms with Gasteiger partial charge in [-0.15, -0.1) is 0 Å². The molecule has 1 aromatic carbocycles. The lowest BCUT2D eigenvalue weighted by Gasteiger charge is -2.16. The molecular formula is C13H16FNO2. The molecule has 1 saturated heterocycles. The van der Waals surface area contributed by atoms with Crippen molar-refractivity contribution in [2.45, 2.75) is 13.8 Å². The number of amides is 1. The molecule has 0 radical (unpaired) electrons. The zero-order valence-electron chi connectivity index (χ0n) is 9.98. The topological polar surface area (TPSA) is 40.5 Å². The molecule has 1 amide bonds. The molecule has 0 spiro atoms. The van der Waals surface area contributed by atoms with Gasteiger partial charge in [-0.3, -0.25) is 4.79 Å². The number of likely N-dealkylation sites (tertiary alicyclic amines) is 1. The highest BCUT2D eigenvalue weighted by Gasteiger charge is 2.30. The molecule has 17 heavy (non-hydrogen) atoms. The highest BCUT2D eigenvalue weighted by atomic mass is 19.1. The number of hydrogen-bond acceptors (Lipinski definition) is 2. The van der Waals surface area contributed by atoms with Gasteiger partial charge in [0.05, 0.1) is 5.56 Å². The number of aromatic hydroxyl groups is 1. The van der Waals surface area contributed by atoms with Gasteiger partial charge in [0.2, 0.25) is 0 Å². The van der Waals surface area contributed by atoms with Gasteiger partial charge >= 0.3 is 0 Å². The van der Waals surface area contributed by atoms with Crippen molar-refractivity contribution in [2.24, 2.45) is 11.8 Å². The molecule has 1 aliphatic heterocycles. The van der Waals surface area contributed by atoms with E-state index in [1.165, 1.54) is 12.1 Å². The Bertz CT molecular complexity index is 437. The quantitative estimate of drug-likeness (QED) is 0.814. The van der Waals surface area contributed by atoms with E-state index >= 15 is 0 Å². The lowest BCUT2D eigenvalue weighted by molar-refractivity contribution is 0.0780. The molecule has 2 atom stereocenters. The van der Waals surface area contributed by atoms with Crippen molar-refractivity contribution in [3.63, 3.8) is 0 Å². The van der Waals surface area contributed by atoms with Gasteiger partial charge in [0.1, 0.15) is 11.6 Å². The molecule has 2 unspecified atom stereocenters. The zero-order valence-corrected chi connectivity index (χ0v) is 9.98. The Morgan fingerprint density at radius 2 is 1.94 bits per heavy atom. The van der Waals surface area contributed by atoms with Crippen molar-refractivity contribution in [2.75, 3.05) is 13.1 Å². The number of carbonyl (C=O) groups is 1. The van der Waals surface area contributed by atoms with Crippen LogP contribution in [0.2, 0.25) is 0 Å². The molecule has 0 aliphatic carbocycles. The number of hydrogen-bond donors (Lipinski definition) is 1. The van der Waals surface area contributed by atoms with Crippen LogP contribution in [0.25, 0.3) is 0 Å². The van der Waals surface area contributed by atoms with Crippen molar-refractivity contribution in [3.05, 3.63) is 29.6 Å². The van der Waals surface area contributed by atoms with Gasteiger partial charge in [0.15, 0.2) is 0 Å². The number of carbonyl (C=O) groups excluding carboxylic acids is 1. The molecule has 1 heterocycles. The number of rotatable bonds is 1. The second kappa shape index (κ2) is 4.35. The monoisotopic (exact) mass is 237 g/mol. The van der Waals surface area contributed by atoms with Crippen LogP contribution in [-0.4, -0.2) is 29.0 Å². The first kappa shape index (κ1) is 11.9. The van der Waals surface area contributed by atoms with Gasteiger partial charge in [-0.1, -0.05) is 13.8 Å². The zero-order chi connectivity index (χ0) is 12.6. The van der Waals surface area contributed by atoms with E-state index in [2.05, 4.69) is 13.8 Å². The number of halogens is 1. The van der Waals surface area contributed by atoms with Crippen molar-refractivity contribution in [3.8, 4) is 5.75 Å². The van der Waals surface area contributed by atoms with Crippen molar-refractivity contribution in [1.29, 1.82) is 0 Å². The van der Waals surface area contributed by atoms with Crippen LogP contribution in [0.1, 0.15) is 24.2 Å². The minimum absolute atomic E-state index is 0.0316. The molecular weight excluding hydrogens is 221 g/mol. The average Bonchev–Trinajstić information content (AvgIpc) is 2.58. The number of phenolic OH excluding ortho intramolecular Hbond substituents is 1. The summed E-state index contributed by atoms with van der Waals surface area (Å²) in [5.41, 5.74) is 0.0316. The van der Waals surface area contributed by atoms with Gasteiger partial charge < -0.3 is 10.0 Å². The molecule has 2 rings (SSSR count). The predicted molar refractivity (Wildman–Crippen MR) is 62.3 cm³/mol. The third kappa shape index (κ3) is 2.25. The number of phenols is 1. The van der Waals surface area contributed by atoms with Crippen LogP contribution in [0.3, 0.4) is 0 Å². The number of nitrogens with zero attached hydrogens (tertiary/aromatic N) is 1. The lowest BCUT2D eigenvalue weighted by atomic mass is 10.0. The largest absolute Gasteiger partial charge is 0.508 e. The summed E-state index contributed by atoms with van der Waals surface area (Å²) in [5, 5.41) is 9.10. The molecule has 92 valence electrons. The molecule has 0 bridgehead atoms. The third-order valence-electron chi connectivity index (χ3n) is 3.46. The van der Waals surface area contributed by atoms with E-state index in [0.717, 1.165) is 6.07 Å². The fourth-order valence-electron chi connectivity index (χ4n) is 2.14. The van der Waals surface area contributed by atoms with Gasteiger partial charge in [-0.05, 0) is 24.0 Å². The second-order valence-corrected chi connectivity index (χ2v) is 4.83. The molecule has 3 nitrogen and oxygen atoms in total. The van der Waals surface area contributed by atoms with Crippen molar-refractivity contribution < 1.29 is 14.3 Å². The summed E-state index contributed by atoms with van der Waals surface area (Å²) in [5.74, 6) is -0.235. The molecule has 1 N–H and O–H groups in total. The Labute approximate surface area is 99.9 Å². The third-order valence-corrected chi connectivity index (χ3v) is 3.46. The standard InChI is InChI=1S/C13H16FNO2/c1-8-6-15(7-9(8)2)13(17)11-4-3-10(16)5-12(11)14/h3-5,8-9,16H,6-7H2,1-2H3. The van der Waals surface area contributed by atoms with E-state index in [9.17, 15) is 9.18 Å². The van der Waals surface area contributed by atoms with E-state index in [-0.39, 0.29) is 17.2 Å². The maximum absolute atomic E-state index is 13.5. The summed E-state index contributed by atoms with van der Waals surface area (Å²) in [6, 6.07) is 3.63. The van der Waals surface area contributed by atoms with Gasteiger partial charge in [-0.25, -0.2) is 4.39 Å². The normalized spacial score (nSPS) is 24.1. The first-order chi connectivity index (χ1) is 7.99. The number of benzene rings is 1. The summed E-state index contributed by atoms with van der Waals surface area (Å²) in [6.45, 7) is 5.51. The van der Waals surface area contributed by atoms with Crippen LogP contribution in [0.4, 0.5) is 4.39 Å². The van der Waals surface area contributed by atoms with Crippen LogP contribution in [0.15, 0.2) is 18.2 Å². The Hall–Kier alpha value is -1.58.